The van der Waals surface area contributed by atoms with E-state index in [2.05, 4.69) is 5.10 Å². The van der Waals surface area contributed by atoms with Crippen LogP contribution in [-0.2, 0) is 16.5 Å². The molecule has 6 nitrogen and oxygen atoms in total. The van der Waals surface area contributed by atoms with E-state index in [1.807, 2.05) is 24.3 Å². The summed E-state index contributed by atoms with van der Waals surface area (Å²) in [6.45, 7) is 0. The standard InChI is InChI=1S/C18H15ClN2O4S/c1-24-15-8-2-12(3-9-15)17-16-10-11-26(22,23)25-18(16)21(20-17)14-6-4-13(19)5-7-14/h2-9H,10-11H2,1H3. The Kier molecular flexibility index (Phi) is 4.13. The van der Waals surface area contributed by atoms with Crippen molar-refractivity contribution in [2.45, 2.75) is 6.42 Å². The maximum Gasteiger partial charge on any atom is 0.311 e. The van der Waals surface area contributed by atoms with Crippen LogP contribution in [0.25, 0.3) is 16.9 Å². The molecule has 0 fully saturated rings. The lowest BCUT2D eigenvalue weighted by molar-refractivity contribution is 0.415. The van der Waals surface area contributed by atoms with Gasteiger partial charge < -0.3 is 8.92 Å². The Morgan fingerprint density at radius 1 is 1.12 bits per heavy atom. The van der Waals surface area contributed by atoms with Crippen molar-refractivity contribution in [1.82, 2.24) is 9.78 Å². The van der Waals surface area contributed by atoms with Crippen molar-refractivity contribution in [1.29, 1.82) is 0 Å². The van der Waals surface area contributed by atoms with Gasteiger partial charge in [0.2, 0.25) is 5.88 Å². The molecule has 26 heavy (non-hydrogen) atoms. The third-order valence-electron chi connectivity index (χ3n) is 4.18. The van der Waals surface area contributed by atoms with E-state index in [9.17, 15) is 8.42 Å². The molecule has 0 N–H and O–H groups in total. The van der Waals surface area contributed by atoms with Gasteiger partial charge >= 0.3 is 10.1 Å². The summed E-state index contributed by atoms with van der Waals surface area (Å²) in [6.07, 6.45) is 0.340. The number of fused-ring (bicyclic) bond motifs is 1. The highest BCUT2D eigenvalue weighted by Gasteiger charge is 2.31. The van der Waals surface area contributed by atoms with Crippen LogP contribution in [0.4, 0.5) is 0 Å². The monoisotopic (exact) mass is 390 g/mol. The van der Waals surface area contributed by atoms with E-state index in [1.165, 1.54) is 4.68 Å². The van der Waals surface area contributed by atoms with Crippen LogP contribution in [0, 0.1) is 0 Å². The minimum absolute atomic E-state index is 0.0739. The van der Waals surface area contributed by atoms with E-state index in [0.29, 0.717) is 22.8 Å². The van der Waals surface area contributed by atoms with Crippen LogP contribution in [0.5, 0.6) is 11.6 Å². The molecule has 0 aliphatic carbocycles. The lowest BCUT2D eigenvalue weighted by atomic mass is 10.1. The number of benzene rings is 2. The topological polar surface area (TPSA) is 70.4 Å². The second kappa shape index (κ2) is 6.34. The zero-order valence-electron chi connectivity index (χ0n) is 13.8. The Labute approximate surface area is 156 Å². The molecule has 0 spiro atoms. The van der Waals surface area contributed by atoms with Crippen molar-refractivity contribution >= 4 is 21.7 Å². The molecule has 0 bridgehead atoms. The summed E-state index contributed by atoms with van der Waals surface area (Å²) < 4.78 is 35.9. The molecule has 0 amide bonds. The smallest absolute Gasteiger partial charge is 0.311 e. The number of ether oxygens (including phenoxy) is 1. The average molecular weight is 391 g/mol. The second-order valence-electron chi connectivity index (χ2n) is 5.84. The van der Waals surface area contributed by atoms with Gasteiger partial charge in [-0.3, -0.25) is 0 Å². The molecule has 134 valence electrons. The van der Waals surface area contributed by atoms with Gasteiger partial charge in [-0.2, -0.15) is 18.2 Å². The highest BCUT2D eigenvalue weighted by molar-refractivity contribution is 7.87. The largest absolute Gasteiger partial charge is 0.497 e. The minimum Gasteiger partial charge on any atom is -0.497 e. The molecule has 0 atom stereocenters. The molecule has 1 aliphatic rings. The van der Waals surface area contributed by atoms with Gasteiger partial charge in [0.1, 0.15) is 5.75 Å². The highest BCUT2D eigenvalue weighted by Crippen LogP contribution is 2.37. The van der Waals surface area contributed by atoms with Crippen LogP contribution < -0.4 is 8.92 Å². The highest BCUT2D eigenvalue weighted by atomic mass is 35.5. The summed E-state index contributed by atoms with van der Waals surface area (Å²) in [5.74, 6) is 0.887. The summed E-state index contributed by atoms with van der Waals surface area (Å²) >= 11 is 5.95. The molecule has 0 saturated heterocycles. The van der Waals surface area contributed by atoms with Gasteiger partial charge in [-0.05, 0) is 55.0 Å². The van der Waals surface area contributed by atoms with Crippen LogP contribution in [0.2, 0.25) is 5.02 Å². The summed E-state index contributed by atoms with van der Waals surface area (Å²) in [5.41, 5.74) is 2.98. The molecule has 2 heterocycles. The fourth-order valence-corrected chi connectivity index (χ4v) is 3.95. The molecule has 2 aromatic carbocycles. The maximum atomic E-state index is 12.0. The van der Waals surface area contributed by atoms with E-state index in [1.54, 1.807) is 31.4 Å². The normalized spacial score (nSPS) is 15.2. The van der Waals surface area contributed by atoms with Crippen LogP contribution in [-0.4, -0.2) is 31.1 Å². The molecule has 3 aromatic rings. The molecule has 0 unspecified atom stereocenters. The molecular formula is C18H15ClN2O4S. The summed E-state index contributed by atoms with van der Waals surface area (Å²) in [6, 6.07) is 14.4. The number of hydrogen-bond donors (Lipinski definition) is 0. The lowest BCUT2D eigenvalue weighted by Gasteiger charge is -2.15. The number of hydrogen-bond acceptors (Lipinski definition) is 5. The van der Waals surface area contributed by atoms with Crippen molar-refractivity contribution in [3.8, 4) is 28.6 Å². The summed E-state index contributed by atoms with van der Waals surface area (Å²) in [7, 11) is -2.02. The van der Waals surface area contributed by atoms with Crippen LogP contribution in [0.3, 0.4) is 0 Å². The Morgan fingerprint density at radius 2 is 1.81 bits per heavy atom. The van der Waals surface area contributed by atoms with Gasteiger partial charge in [0.05, 0.1) is 24.2 Å². The molecule has 0 radical (unpaired) electrons. The fraction of sp³-hybridized carbons (Fsp3) is 0.167. The van der Waals surface area contributed by atoms with Gasteiger partial charge in [0, 0.05) is 16.1 Å². The first-order valence-electron chi connectivity index (χ1n) is 7.91. The molecule has 1 aliphatic heterocycles. The zero-order valence-corrected chi connectivity index (χ0v) is 15.4. The van der Waals surface area contributed by atoms with Gasteiger partial charge in [0.25, 0.3) is 0 Å². The third-order valence-corrected chi connectivity index (χ3v) is 5.55. The molecule has 0 saturated carbocycles. The predicted molar refractivity (Wildman–Crippen MR) is 98.7 cm³/mol. The van der Waals surface area contributed by atoms with Gasteiger partial charge in [-0.15, -0.1) is 0 Å². The third kappa shape index (κ3) is 3.04. The average Bonchev–Trinajstić information content (AvgIpc) is 3.00. The summed E-state index contributed by atoms with van der Waals surface area (Å²) in [5, 5.41) is 5.21. The van der Waals surface area contributed by atoms with Gasteiger partial charge in [-0.25, -0.2) is 0 Å². The second-order valence-corrected chi connectivity index (χ2v) is 7.97. The Morgan fingerprint density at radius 3 is 2.46 bits per heavy atom. The molecular weight excluding hydrogens is 376 g/mol. The van der Waals surface area contributed by atoms with E-state index >= 15 is 0 Å². The van der Waals surface area contributed by atoms with Crippen LogP contribution >= 0.6 is 11.6 Å². The zero-order chi connectivity index (χ0) is 18.3. The van der Waals surface area contributed by atoms with Crippen LogP contribution in [0.15, 0.2) is 48.5 Å². The maximum absolute atomic E-state index is 12.0. The van der Waals surface area contributed by atoms with Crippen molar-refractivity contribution < 1.29 is 17.3 Å². The van der Waals surface area contributed by atoms with E-state index in [-0.39, 0.29) is 11.6 Å². The predicted octanol–water partition coefficient (Wildman–Crippen LogP) is 3.47. The van der Waals surface area contributed by atoms with E-state index in [4.69, 9.17) is 20.5 Å². The first kappa shape index (κ1) is 16.9. The lowest BCUT2D eigenvalue weighted by Crippen LogP contribution is -2.22. The van der Waals surface area contributed by atoms with Gasteiger partial charge in [-0.1, -0.05) is 11.6 Å². The SMILES string of the molecule is COc1ccc(-c2nn(-c3ccc(Cl)cc3)c3c2CCS(=O)(=O)O3)cc1. The molecule has 4 rings (SSSR count). The van der Waals surface area contributed by atoms with Crippen molar-refractivity contribution in [2.75, 3.05) is 12.9 Å². The first-order chi connectivity index (χ1) is 12.5. The number of halogens is 1. The molecule has 1 aromatic heterocycles. The van der Waals surface area contributed by atoms with Crippen molar-refractivity contribution in [3.05, 3.63) is 59.1 Å². The molecule has 8 heteroatoms. The quantitative estimate of drug-likeness (QED) is 0.640. The summed E-state index contributed by atoms with van der Waals surface area (Å²) in [4.78, 5) is 0. The number of rotatable bonds is 3. The van der Waals surface area contributed by atoms with E-state index < -0.39 is 10.1 Å². The minimum atomic E-state index is -3.62. The number of aromatic nitrogens is 2. The Hall–Kier alpha value is -2.51. The Bertz CT molecular complexity index is 1060. The number of methoxy groups -OCH3 is 1. The van der Waals surface area contributed by atoms with Gasteiger partial charge in [0.15, 0.2) is 0 Å². The number of nitrogens with zero attached hydrogens (tertiary/aromatic N) is 2. The Balaban J connectivity index is 1.89. The fourth-order valence-electron chi connectivity index (χ4n) is 2.87. The first-order valence-corrected chi connectivity index (χ1v) is 9.87. The van der Waals surface area contributed by atoms with E-state index in [0.717, 1.165) is 16.9 Å². The van der Waals surface area contributed by atoms with Crippen molar-refractivity contribution in [2.24, 2.45) is 0 Å². The van der Waals surface area contributed by atoms with Crippen molar-refractivity contribution in [3.63, 3.8) is 0 Å². The van der Waals surface area contributed by atoms with Crippen LogP contribution in [0.1, 0.15) is 5.56 Å².